The zero-order valence-corrected chi connectivity index (χ0v) is 16.8. The molecule has 1 aromatic carbocycles. The van der Waals surface area contributed by atoms with Crippen LogP contribution in [0.2, 0.25) is 0 Å². The summed E-state index contributed by atoms with van der Waals surface area (Å²) in [4.78, 5) is 15.7. The third kappa shape index (κ3) is 4.00. The number of piperidine rings is 1. The first kappa shape index (κ1) is 19.2. The second-order valence-corrected chi connectivity index (χ2v) is 8.37. The highest BCUT2D eigenvalue weighted by Gasteiger charge is 2.44. The maximum atomic E-state index is 13.2. The molecule has 0 bridgehead atoms. The van der Waals surface area contributed by atoms with Gasteiger partial charge in [-0.25, -0.2) is 0 Å². The van der Waals surface area contributed by atoms with Crippen LogP contribution in [0.1, 0.15) is 51.2 Å². The molecule has 1 saturated carbocycles. The van der Waals surface area contributed by atoms with E-state index >= 15 is 0 Å². The number of amides is 1. The maximum Gasteiger partial charge on any atom is 0.227 e. The van der Waals surface area contributed by atoms with Crippen LogP contribution >= 0.6 is 0 Å². The van der Waals surface area contributed by atoms with Crippen molar-refractivity contribution in [3.8, 4) is 11.3 Å². The van der Waals surface area contributed by atoms with Crippen LogP contribution in [0.5, 0.6) is 0 Å². The molecule has 4 rings (SSSR count). The monoisotopic (exact) mass is 381 g/mol. The van der Waals surface area contributed by atoms with E-state index < -0.39 is 5.41 Å². The summed E-state index contributed by atoms with van der Waals surface area (Å²) in [6, 6.07) is 12.7. The molecule has 0 unspecified atom stereocenters. The van der Waals surface area contributed by atoms with Crippen LogP contribution in [-0.4, -0.2) is 41.6 Å². The number of aromatic nitrogens is 1. The Hall–Kier alpha value is -2.14. The molecule has 1 aliphatic heterocycles. The topological polar surface area (TPSA) is 58.4 Å². The number of carbonyl (C=O) groups is 1. The van der Waals surface area contributed by atoms with Crippen molar-refractivity contribution in [2.45, 2.75) is 57.9 Å². The van der Waals surface area contributed by atoms with Crippen molar-refractivity contribution in [3.63, 3.8) is 0 Å². The van der Waals surface area contributed by atoms with Crippen LogP contribution in [0.3, 0.4) is 0 Å². The van der Waals surface area contributed by atoms with E-state index in [1.165, 1.54) is 25.7 Å². The Morgan fingerprint density at radius 1 is 1.25 bits per heavy atom. The van der Waals surface area contributed by atoms with Crippen molar-refractivity contribution in [1.82, 2.24) is 15.4 Å². The molecule has 1 aromatic heterocycles. The summed E-state index contributed by atoms with van der Waals surface area (Å²) in [7, 11) is 0. The van der Waals surface area contributed by atoms with E-state index in [4.69, 9.17) is 4.52 Å². The van der Waals surface area contributed by atoms with Crippen LogP contribution < -0.4 is 5.32 Å². The Balaban J connectivity index is 1.56. The fourth-order valence-electron chi connectivity index (χ4n) is 4.98. The highest BCUT2D eigenvalue weighted by Crippen LogP contribution is 2.38. The number of hydrogen-bond acceptors (Lipinski definition) is 4. The zero-order chi connectivity index (χ0) is 19.4. The van der Waals surface area contributed by atoms with Crippen LogP contribution in [0.15, 0.2) is 40.9 Å². The Labute approximate surface area is 167 Å². The molecule has 0 spiro atoms. The van der Waals surface area contributed by atoms with Gasteiger partial charge in [0.25, 0.3) is 0 Å². The third-order valence-corrected chi connectivity index (χ3v) is 6.41. The van der Waals surface area contributed by atoms with Gasteiger partial charge in [0.05, 0.1) is 5.41 Å². The average Bonchev–Trinajstić information content (AvgIpc) is 3.41. The number of nitrogens with one attached hydrogen (secondary N) is 1. The lowest BCUT2D eigenvalue weighted by molar-refractivity contribution is -0.135. The number of likely N-dealkylation sites (tertiary alicyclic amines) is 1. The van der Waals surface area contributed by atoms with Crippen molar-refractivity contribution in [2.24, 2.45) is 5.41 Å². The molecule has 2 aliphatic rings. The molecule has 0 radical (unpaired) electrons. The molecule has 1 saturated heterocycles. The van der Waals surface area contributed by atoms with E-state index in [0.29, 0.717) is 19.0 Å². The van der Waals surface area contributed by atoms with Crippen LogP contribution in [0.25, 0.3) is 11.3 Å². The lowest BCUT2D eigenvalue weighted by atomic mass is 9.75. The van der Waals surface area contributed by atoms with Gasteiger partial charge < -0.3 is 9.84 Å². The molecule has 5 nitrogen and oxygen atoms in total. The lowest BCUT2D eigenvalue weighted by Gasteiger charge is -2.43. The Bertz CT molecular complexity index is 782. The lowest BCUT2D eigenvalue weighted by Crippen LogP contribution is -2.55. The van der Waals surface area contributed by atoms with Crippen LogP contribution in [0.4, 0.5) is 0 Å². The summed E-state index contributed by atoms with van der Waals surface area (Å²) in [5, 5.41) is 7.36. The van der Waals surface area contributed by atoms with E-state index in [0.717, 1.165) is 42.9 Å². The van der Waals surface area contributed by atoms with Crippen molar-refractivity contribution >= 4 is 5.91 Å². The fourth-order valence-corrected chi connectivity index (χ4v) is 4.98. The normalized spacial score (nSPS) is 23.8. The van der Waals surface area contributed by atoms with Crippen molar-refractivity contribution < 1.29 is 9.32 Å². The summed E-state index contributed by atoms with van der Waals surface area (Å²) in [5.74, 6) is 0.966. The third-order valence-electron chi connectivity index (χ3n) is 6.41. The predicted octanol–water partition coefficient (Wildman–Crippen LogP) is 4.05. The van der Waals surface area contributed by atoms with E-state index in [9.17, 15) is 4.79 Å². The molecular weight excluding hydrogens is 350 g/mol. The summed E-state index contributed by atoms with van der Waals surface area (Å²) in [5.41, 5.74) is 1.45. The quantitative estimate of drug-likeness (QED) is 0.820. The first-order chi connectivity index (χ1) is 13.7. The van der Waals surface area contributed by atoms with Gasteiger partial charge >= 0.3 is 0 Å². The number of rotatable bonds is 6. The molecule has 5 heteroatoms. The largest absolute Gasteiger partial charge is 0.361 e. The van der Waals surface area contributed by atoms with E-state index in [2.05, 4.69) is 15.4 Å². The molecule has 1 atom stereocenters. The van der Waals surface area contributed by atoms with E-state index in [1.807, 2.05) is 43.3 Å². The van der Waals surface area contributed by atoms with Crippen molar-refractivity contribution in [1.29, 1.82) is 0 Å². The van der Waals surface area contributed by atoms with Crippen LogP contribution in [-0.2, 0) is 11.2 Å². The van der Waals surface area contributed by atoms with Gasteiger partial charge in [-0.2, -0.15) is 0 Å². The SMILES string of the molecule is CCNC(=O)[C@]1(Cc2cc(-c3ccccc3)no2)CCCN(C2CCCC2)C1. The number of carbonyl (C=O) groups excluding carboxylic acids is 1. The Morgan fingerprint density at radius 3 is 2.79 bits per heavy atom. The van der Waals surface area contributed by atoms with E-state index in [1.54, 1.807) is 0 Å². The van der Waals surface area contributed by atoms with Gasteiger partial charge in [0.15, 0.2) is 0 Å². The minimum Gasteiger partial charge on any atom is -0.361 e. The highest BCUT2D eigenvalue weighted by atomic mass is 16.5. The average molecular weight is 382 g/mol. The summed E-state index contributed by atoms with van der Waals surface area (Å²) in [6.07, 6.45) is 7.76. The number of hydrogen-bond donors (Lipinski definition) is 1. The van der Waals surface area contributed by atoms with Crippen LogP contribution in [0, 0.1) is 5.41 Å². The second-order valence-electron chi connectivity index (χ2n) is 8.37. The first-order valence-electron chi connectivity index (χ1n) is 10.7. The molecule has 150 valence electrons. The maximum absolute atomic E-state index is 13.2. The van der Waals surface area contributed by atoms with Gasteiger partial charge in [-0.15, -0.1) is 0 Å². The fraction of sp³-hybridized carbons (Fsp3) is 0.565. The first-order valence-corrected chi connectivity index (χ1v) is 10.7. The highest BCUT2D eigenvalue weighted by molar-refractivity contribution is 5.83. The molecule has 2 aromatic rings. The summed E-state index contributed by atoms with van der Waals surface area (Å²) >= 11 is 0. The molecule has 28 heavy (non-hydrogen) atoms. The van der Waals surface area contributed by atoms with Gasteiger partial charge in [0.2, 0.25) is 5.91 Å². The standard InChI is InChI=1S/C23H31N3O2/c1-2-24-22(27)23(13-8-14-26(17-23)19-11-6-7-12-19)16-20-15-21(25-28-20)18-9-4-3-5-10-18/h3-5,9-10,15,19H,2,6-8,11-14,16-17H2,1H3,(H,24,27)/t23-/m0/s1. The summed E-state index contributed by atoms with van der Waals surface area (Å²) in [6.45, 7) is 4.59. The van der Waals surface area contributed by atoms with Crippen molar-refractivity contribution in [3.05, 3.63) is 42.2 Å². The van der Waals surface area contributed by atoms with Gasteiger partial charge in [-0.05, 0) is 39.2 Å². The van der Waals surface area contributed by atoms with Gasteiger partial charge in [-0.1, -0.05) is 48.3 Å². The molecule has 2 fully saturated rings. The predicted molar refractivity (Wildman–Crippen MR) is 110 cm³/mol. The molecule has 2 heterocycles. The van der Waals surface area contributed by atoms with Gasteiger partial charge in [0, 0.05) is 37.2 Å². The second kappa shape index (κ2) is 8.48. The summed E-state index contributed by atoms with van der Waals surface area (Å²) < 4.78 is 5.69. The Kier molecular flexibility index (Phi) is 5.81. The molecular formula is C23H31N3O2. The minimum absolute atomic E-state index is 0.162. The van der Waals surface area contributed by atoms with Crippen molar-refractivity contribution in [2.75, 3.05) is 19.6 Å². The number of nitrogens with zero attached hydrogens (tertiary/aromatic N) is 2. The minimum atomic E-state index is -0.426. The molecule has 1 N–H and O–H groups in total. The van der Waals surface area contributed by atoms with Gasteiger partial charge in [0.1, 0.15) is 11.5 Å². The smallest absolute Gasteiger partial charge is 0.227 e. The van der Waals surface area contributed by atoms with Gasteiger partial charge in [-0.3, -0.25) is 9.69 Å². The Morgan fingerprint density at radius 2 is 2.04 bits per heavy atom. The zero-order valence-electron chi connectivity index (χ0n) is 16.8. The number of benzene rings is 1. The van der Waals surface area contributed by atoms with E-state index in [-0.39, 0.29) is 5.91 Å². The molecule has 1 aliphatic carbocycles. The molecule has 1 amide bonds.